The summed E-state index contributed by atoms with van der Waals surface area (Å²) in [6.45, 7) is 1.73. The number of hydrogen-bond donors (Lipinski definition) is 2. The minimum Gasteiger partial charge on any atom is -0.398 e. The first kappa shape index (κ1) is 14.3. The molecular formula is C13H11BrFN3O2. The minimum absolute atomic E-state index is 0.105. The molecule has 2 aromatic rings. The topological polar surface area (TPSA) is 81.2 Å². The maximum atomic E-state index is 13.3. The Kier molecular flexibility index (Phi) is 3.89. The van der Waals surface area contributed by atoms with Crippen LogP contribution in [0.5, 0.6) is 0 Å². The number of benzene rings is 2. The van der Waals surface area contributed by atoms with E-state index in [0.29, 0.717) is 21.4 Å². The van der Waals surface area contributed by atoms with Gasteiger partial charge in [-0.25, -0.2) is 4.39 Å². The molecule has 0 amide bonds. The normalized spacial score (nSPS) is 10.3. The number of nitrogens with two attached hydrogens (primary N) is 1. The highest BCUT2D eigenvalue weighted by atomic mass is 79.9. The van der Waals surface area contributed by atoms with E-state index in [1.54, 1.807) is 19.1 Å². The first-order valence-corrected chi connectivity index (χ1v) is 6.44. The van der Waals surface area contributed by atoms with Crippen LogP contribution in [0.4, 0.5) is 27.1 Å². The molecule has 0 aliphatic heterocycles. The lowest BCUT2D eigenvalue weighted by Gasteiger charge is -2.11. The van der Waals surface area contributed by atoms with Gasteiger partial charge in [0, 0.05) is 29.2 Å². The smallest absolute Gasteiger partial charge is 0.273 e. The third-order valence-electron chi connectivity index (χ3n) is 2.70. The van der Waals surface area contributed by atoms with E-state index in [4.69, 9.17) is 5.73 Å². The van der Waals surface area contributed by atoms with Crippen molar-refractivity contribution in [3.05, 3.63) is 56.3 Å². The summed E-state index contributed by atoms with van der Waals surface area (Å²) in [6.07, 6.45) is 0. The van der Waals surface area contributed by atoms with E-state index >= 15 is 0 Å². The zero-order valence-electron chi connectivity index (χ0n) is 10.5. The molecule has 0 aliphatic rings. The van der Waals surface area contributed by atoms with Gasteiger partial charge in [-0.15, -0.1) is 0 Å². The highest BCUT2D eigenvalue weighted by Crippen LogP contribution is 2.29. The molecule has 0 unspecified atom stereocenters. The summed E-state index contributed by atoms with van der Waals surface area (Å²) >= 11 is 3.10. The van der Waals surface area contributed by atoms with Crippen LogP contribution in [-0.4, -0.2) is 4.92 Å². The third kappa shape index (κ3) is 3.05. The summed E-state index contributed by atoms with van der Waals surface area (Å²) < 4.78 is 13.7. The van der Waals surface area contributed by atoms with Gasteiger partial charge >= 0.3 is 0 Å². The second kappa shape index (κ2) is 5.46. The zero-order chi connectivity index (χ0) is 14.9. The first-order valence-electron chi connectivity index (χ1n) is 5.64. The Hall–Kier alpha value is -2.15. The lowest BCUT2D eigenvalue weighted by molar-refractivity contribution is -0.384. The lowest BCUT2D eigenvalue weighted by Crippen LogP contribution is -1.98. The number of non-ortho nitro benzene ring substituents is 1. The van der Waals surface area contributed by atoms with Gasteiger partial charge in [-0.05, 0) is 46.6 Å². The maximum Gasteiger partial charge on any atom is 0.273 e. The molecule has 0 heterocycles. The zero-order valence-corrected chi connectivity index (χ0v) is 12.1. The number of nitrogen functional groups attached to an aromatic ring is 1. The second-order valence-electron chi connectivity index (χ2n) is 4.28. The van der Waals surface area contributed by atoms with Gasteiger partial charge in [-0.2, -0.15) is 0 Å². The van der Waals surface area contributed by atoms with Crippen LogP contribution in [0.2, 0.25) is 0 Å². The Labute approximate surface area is 122 Å². The molecule has 3 N–H and O–H groups in total. The fraction of sp³-hybridized carbons (Fsp3) is 0.0769. The van der Waals surface area contributed by atoms with E-state index < -0.39 is 4.92 Å². The maximum absolute atomic E-state index is 13.3. The van der Waals surface area contributed by atoms with Crippen LogP contribution in [-0.2, 0) is 0 Å². The number of nitrogens with one attached hydrogen (secondary N) is 1. The molecule has 0 atom stereocenters. The Morgan fingerprint density at radius 1 is 1.30 bits per heavy atom. The molecule has 0 fully saturated rings. The van der Waals surface area contributed by atoms with Gasteiger partial charge in [0.25, 0.3) is 5.69 Å². The van der Waals surface area contributed by atoms with Gasteiger partial charge in [0.2, 0.25) is 0 Å². The molecule has 2 aromatic carbocycles. The van der Waals surface area contributed by atoms with Crippen molar-refractivity contribution in [2.45, 2.75) is 6.92 Å². The molecule has 0 aromatic heterocycles. The predicted octanol–water partition coefficient (Wildman–Crippen LogP) is 4.13. The first-order chi connectivity index (χ1) is 9.36. The molecular weight excluding hydrogens is 329 g/mol. The molecule has 2 rings (SSSR count). The highest BCUT2D eigenvalue weighted by molar-refractivity contribution is 9.10. The fourth-order valence-electron chi connectivity index (χ4n) is 1.75. The van der Waals surface area contributed by atoms with E-state index in [1.807, 2.05) is 0 Å². The van der Waals surface area contributed by atoms with Crippen LogP contribution in [0, 0.1) is 22.9 Å². The van der Waals surface area contributed by atoms with Crippen molar-refractivity contribution in [1.82, 2.24) is 0 Å². The SMILES string of the molecule is Cc1cc(F)c(Br)cc1Nc1cc(N)cc([N+](=O)[O-])c1. The van der Waals surface area contributed by atoms with Gasteiger partial charge in [0.05, 0.1) is 9.40 Å². The summed E-state index contributed by atoms with van der Waals surface area (Å²) in [5.74, 6) is -0.369. The molecule has 0 saturated heterocycles. The molecule has 0 saturated carbocycles. The number of aryl methyl sites for hydroxylation is 1. The summed E-state index contributed by atoms with van der Waals surface area (Å²) in [5.41, 5.74) is 7.59. The van der Waals surface area contributed by atoms with Crippen molar-refractivity contribution in [3.63, 3.8) is 0 Å². The van der Waals surface area contributed by atoms with Gasteiger partial charge in [-0.3, -0.25) is 10.1 Å². The molecule has 20 heavy (non-hydrogen) atoms. The van der Waals surface area contributed by atoms with E-state index in [2.05, 4.69) is 21.2 Å². The Bertz CT molecular complexity index is 692. The van der Waals surface area contributed by atoms with Crippen LogP contribution < -0.4 is 11.1 Å². The average Bonchev–Trinajstić information content (AvgIpc) is 2.35. The van der Waals surface area contributed by atoms with Gasteiger partial charge in [0.1, 0.15) is 5.82 Å². The molecule has 5 nitrogen and oxygen atoms in total. The van der Waals surface area contributed by atoms with Crippen molar-refractivity contribution in [2.75, 3.05) is 11.1 Å². The van der Waals surface area contributed by atoms with Crippen LogP contribution in [0.25, 0.3) is 0 Å². The van der Waals surface area contributed by atoms with E-state index in [1.165, 1.54) is 18.2 Å². The predicted molar refractivity (Wildman–Crippen MR) is 79.6 cm³/mol. The van der Waals surface area contributed by atoms with Crippen LogP contribution >= 0.6 is 15.9 Å². The van der Waals surface area contributed by atoms with Crippen molar-refractivity contribution >= 4 is 38.7 Å². The molecule has 0 aliphatic carbocycles. The number of rotatable bonds is 3. The minimum atomic E-state index is -0.519. The summed E-state index contributed by atoms with van der Waals surface area (Å²) in [4.78, 5) is 10.3. The number of hydrogen-bond acceptors (Lipinski definition) is 4. The summed E-state index contributed by atoms with van der Waals surface area (Å²) in [6, 6.07) is 7.15. The highest BCUT2D eigenvalue weighted by Gasteiger charge is 2.10. The van der Waals surface area contributed by atoms with Gasteiger partial charge in [0.15, 0.2) is 0 Å². The Morgan fingerprint density at radius 2 is 2.00 bits per heavy atom. The van der Waals surface area contributed by atoms with Crippen molar-refractivity contribution in [2.24, 2.45) is 0 Å². The number of nitro benzene ring substituents is 1. The number of nitro groups is 1. The van der Waals surface area contributed by atoms with Crippen LogP contribution in [0.15, 0.2) is 34.8 Å². The number of halogens is 2. The molecule has 0 spiro atoms. The molecule has 0 bridgehead atoms. The van der Waals surface area contributed by atoms with Gasteiger partial charge < -0.3 is 11.1 Å². The van der Waals surface area contributed by atoms with E-state index in [9.17, 15) is 14.5 Å². The van der Waals surface area contributed by atoms with Crippen molar-refractivity contribution < 1.29 is 9.31 Å². The second-order valence-corrected chi connectivity index (χ2v) is 5.13. The Morgan fingerprint density at radius 3 is 2.65 bits per heavy atom. The van der Waals surface area contributed by atoms with Crippen LogP contribution in [0.1, 0.15) is 5.56 Å². The summed E-state index contributed by atoms with van der Waals surface area (Å²) in [7, 11) is 0. The average molecular weight is 340 g/mol. The van der Waals surface area contributed by atoms with Crippen molar-refractivity contribution in [1.29, 1.82) is 0 Å². The van der Waals surface area contributed by atoms with Crippen LogP contribution in [0.3, 0.4) is 0 Å². The van der Waals surface area contributed by atoms with E-state index in [-0.39, 0.29) is 17.2 Å². The van der Waals surface area contributed by atoms with E-state index in [0.717, 1.165) is 0 Å². The fourth-order valence-corrected chi connectivity index (χ4v) is 2.09. The Balaban J connectivity index is 2.40. The standard InChI is InChI=1S/C13H11BrFN3O2/c1-7-2-12(15)11(14)6-13(7)17-9-3-8(16)4-10(5-9)18(19)20/h2-6,17H,16H2,1H3. The third-order valence-corrected chi connectivity index (χ3v) is 3.30. The number of anilines is 3. The summed E-state index contributed by atoms with van der Waals surface area (Å²) in [5, 5.41) is 13.8. The molecule has 0 radical (unpaired) electrons. The monoisotopic (exact) mass is 339 g/mol. The van der Waals surface area contributed by atoms with Crippen molar-refractivity contribution in [3.8, 4) is 0 Å². The molecule has 7 heteroatoms. The lowest BCUT2D eigenvalue weighted by atomic mass is 10.1. The quantitative estimate of drug-likeness (QED) is 0.500. The largest absolute Gasteiger partial charge is 0.398 e. The van der Waals surface area contributed by atoms with Gasteiger partial charge in [-0.1, -0.05) is 0 Å². The molecule has 104 valence electrons. The number of nitrogens with zero attached hydrogens (tertiary/aromatic N) is 1.